The molecule has 0 bridgehead atoms. The predicted molar refractivity (Wildman–Crippen MR) is 54.0 cm³/mol. The Morgan fingerprint density at radius 3 is 3.07 bits per heavy atom. The maximum absolute atomic E-state index is 10.5. The van der Waals surface area contributed by atoms with Gasteiger partial charge in [-0.25, -0.2) is 9.78 Å². The smallest absolute Gasteiger partial charge is 0.347 e. The molecule has 1 heterocycles. The van der Waals surface area contributed by atoms with Crippen molar-refractivity contribution in [1.29, 1.82) is 0 Å². The maximum Gasteiger partial charge on any atom is 0.347 e. The van der Waals surface area contributed by atoms with E-state index in [9.17, 15) is 4.79 Å². The van der Waals surface area contributed by atoms with Gasteiger partial charge >= 0.3 is 5.97 Å². The molecule has 78 valence electrons. The lowest BCUT2D eigenvalue weighted by Gasteiger charge is -2.10. The number of rotatable bonds is 5. The fourth-order valence-corrected chi connectivity index (χ4v) is 1.71. The van der Waals surface area contributed by atoms with Crippen molar-refractivity contribution < 1.29 is 14.6 Å². The van der Waals surface area contributed by atoms with Crippen molar-refractivity contribution >= 4 is 22.4 Å². The van der Waals surface area contributed by atoms with Crippen LogP contribution in [0.25, 0.3) is 0 Å². The van der Waals surface area contributed by atoms with Crippen molar-refractivity contribution in [3.63, 3.8) is 0 Å². The number of nitrogens with zero attached hydrogens (tertiary/aromatic N) is 1. The molecule has 1 atom stereocenters. The largest absolute Gasteiger partial charge is 0.477 e. The molecule has 6 heteroatoms. The second-order valence-corrected chi connectivity index (χ2v) is 3.87. The van der Waals surface area contributed by atoms with E-state index in [1.54, 1.807) is 7.11 Å². The molecule has 0 fully saturated rings. The van der Waals surface area contributed by atoms with Gasteiger partial charge in [0.25, 0.3) is 0 Å². The van der Waals surface area contributed by atoms with E-state index < -0.39 is 5.97 Å². The van der Waals surface area contributed by atoms with E-state index in [-0.39, 0.29) is 10.9 Å². The van der Waals surface area contributed by atoms with Crippen LogP contribution in [-0.2, 0) is 4.74 Å². The highest BCUT2D eigenvalue weighted by molar-refractivity contribution is 7.17. The molecule has 14 heavy (non-hydrogen) atoms. The van der Waals surface area contributed by atoms with E-state index >= 15 is 0 Å². The van der Waals surface area contributed by atoms with Crippen LogP contribution in [0.3, 0.4) is 0 Å². The number of carboxylic acids is 1. The number of hydrogen-bond acceptors (Lipinski definition) is 5. The number of carboxylic acid groups (broad SMARTS) is 1. The Morgan fingerprint density at radius 2 is 2.57 bits per heavy atom. The number of nitrogens with one attached hydrogen (secondary N) is 1. The molecule has 1 aromatic rings. The van der Waals surface area contributed by atoms with E-state index in [0.29, 0.717) is 11.7 Å². The van der Waals surface area contributed by atoms with Gasteiger partial charge in [-0.2, -0.15) is 0 Å². The molecule has 1 unspecified atom stereocenters. The summed E-state index contributed by atoms with van der Waals surface area (Å²) >= 11 is 1.12. The van der Waals surface area contributed by atoms with Crippen LogP contribution in [0, 0.1) is 0 Å². The van der Waals surface area contributed by atoms with Crippen LogP contribution in [0.2, 0.25) is 0 Å². The van der Waals surface area contributed by atoms with Crippen molar-refractivity contribution in [2.75, 3.05) is 19.0 Å². The number of ether oxygens (including phenoxy) is 1. The minimum atomic E-state index is -0.949. The highest BCUT2D eigenvalue weighted by Crippen LogP contribution is 2.18. The Balaban J connectivity index is 2.55. The van der Waals surface area contributed by atoms with E-state index in [0.717, 1.165) is 11.3 Å². The lowest BCUT2D eigenvalue weighted by Crippen LogP contribution is -2.20. The summed E-state index contributed by atoms with van der Waals surface area (Å²) in [6, 6.07) is 0.118. The molecule has 0 amide bonds. The zero-order valence-corrected chi connectivity index (χ0v) is 8.80. The molecule has 0 aliphatic rings. The number of hydrogen-bond donors (Lipinski definition) is 2. The lowest BCUT2D eigenvalue weighted by molar-refractivity contribution is 0.0702. The van der Waals surface area contributed by atoms with Crippen molar-refractivity contribution in [2.45, 2.75) is 13.0 Å². The number of anilines is 1. The summed E-state index contributed by atoms with van der Waals surface area (Å²) in [5.74, 6) is -0.949. The fourth-order valence-electron chi connectivity index (χ4n) is 0.942. The minimum Gasteiger partial charge on any atom is -0.477 e. The third kappa shape index (κ3) is 2.97. The summed E-state index contributed by atoms with van der Waals surface area (Å²) in [5, 5.41) is 12.3. The van der Waals surface area contributed by atoms with Gasteiger partial charge in [0.2, 0.25) is 0 Å². The summed E-state index contributed by atoms with van der Waals surface area (Å²) in [6.07, 6.45) is 1.34. The third-order valence-electron chi connectivity index (χ3n) is 1.50. The Labute approximate surface area is 85.7 Å². The third-order valence-corrected chi connectivity index (χ3v) is 2.42. The molecule has 5 nitrogen and oxygen atoms in total. The Hall–Kier alpha value is -1.14. The first-order valence-electron chi connectivity index (χ1n) is 4.08. The first-order valence-corrected chi connectivity index (χ1v) is 4.89. The average Bonchev–Trinajstić information content (AvgIpc) is 2.53. The van der Waals surface area contributed by atoms with Crippen molar-refractivity contribution in [2.24, 2.45) is 0 Å². The summed E-state index contributed by atoms with van der Waals surface area (Å²) in [6.45, 7) is 2.49. The molecule has 2 N–H and O–H groups in total. The molecular weight excluding hydrogens is 204 g/mol. The topological polar surface area (TPSA) is 71.5 Å². The van der Waals surface area contributed by atoms with E-state index in [2.05, 4.69) is 10.3 Å². The maximum atomic E-state index is 10.5. The monoisotopic (exact) mass is 216 g/mol. The molecule has 0 aromatic carbocycles. The van der Waals surface area contributed by atoms with E-state index in [1.165, 1.54) is 6.20 Å². The summed E-state index contributed by atoms with van der Waals surface area (Å²) in [7, 11) is 1.61. The Bertz CT molecular complexity index is 313. The zero-order chi connectivity index (χ0) is 10.6. The van der Waals surface area contributed by atoms with Crippen molar-refractivity contribution in [1.82, 2.24) is 4.98 Å². The molecule has 0 saturated carbocycles. The SMILES string of the molecule is COCC(C)Nc1ncc(C(=O)O)s1. The van der Waals surface area contributed by atoms with Crippen LogP contribution in [0.15, 0.2) is 6.20 Å². The van der Waals surface area contributed by atoms with Crippen LogP contribution in [-0.4, -0.2) is 35.8 Å². The first-order chi connectivity index (χ1) is 6.63. The fraction of sp³-hybridized carbons (Fsp3) is 0.500. The predicted octanol–water partition coefficient (Wildman–Crippen LogP) is 1.29. The standard InChI is InChI=1S/C8H12N2O3S/c1-5(4-13-2)10-8-9-3-6(14-8)7(11)12/h3,5H,4H2,1-2H3,(H,9,10)(H,11,12). The van der Waals surface area contributed by atoms with Gasteiger partial charge in [0.15, 0.2) is 5.13 Å². The van der Waals surface area contributed by atoms with Gasteiger partial charge in [0, 0.05) is 13.2 Å². The first kappa shape index (κ1) is 10.9. The van der Waals surface area contributed by atoms with Gasteiger partial charge in [0.1, 0.15) is 4.88 Å². The van der Waals surface area contributed by atoms with Crippen LogP contribution in [0.1, 0.15) is 16.6 Å². The van der Waals surface area contributed by atoms with Crippen molar-refractivity contribution in [3.8, 4) is 0 Å². The van der Waals surface area contributed by atoms with Crippen LogP contribution in [0.4, 0.5) is 5.13 Å². The highest BCUT2D eigenvalue weighted by Gasteiger charge is 2.09. The molecular formula is C8H12N2O3S. The number of carbonyl (C=O) groups is 1. The van der Waals surface area contributed by atoms with Crippen LogP contribution >= 0.6 is 11.3 Å². The summed E-state index contributed by atoms with van der Waals surface area (Å²) in [5.41, 5.74) is 0. The number of aromatic carboxylic acids is 1. The number of methoxy groups -OCH3 is 1. The van der Waals surface area contributed by atoms with Gasteiger partial charge in [-0.3, -0.25) is 0 Å². The van der Waals surface area contributed by atoms with Gasteiger partial charge in [0.05, 0.1) is 12.8 Å². The Morgan fingerprint density at radius 1 is 1.86 bits per heavy atom. The van der Waals surface area contributed by atoms with Crippen molar-refractivity contribution in [3.05, 3.63) is 11.1 Å². The van der Waals surface area contributed by atoms with E-state index in [4.69, 9.17) is 9.84 Å². The second kappa shape index (κ2) is 4.92. The second-order valence-electron chi connectivity index (χ2n) is 2.84. The van der Waals surface area contributed by atoms with Gasteiger partial charge in [-0.05, 0) is 6.92 Å². The normalized spacial score (nSPS) is 12.4. The number of thiazole rings is 1. The zero-order valence-electron chi connectivity index (χ0n) is 7.98. The van der Waals surface area contributed by atoms with Crippen LogP contribution < -0.4 is 5.32 Å². The highest BCUT2D eigenvalue weighted by atomic mass is 32.1. The molecule has 0 saturated heterocycles. The molecule has 0 aliphatic heterocycles. The van der Waals surface area contributed by atoms with Gasteiger partial charge < -0.3 is 15.2 Å². The minimum absolute atomic E-state index is 0.118. The number of aromatic nitrogens is 1. The summed E-state index contributed by atoms with van der Waals surface area (Å²) in [4.78, 5) is 14.7. The Kier molecular flexibility index (Phi) is 3.84. The lowest BCUT2D eigenvalue weighted by atomic mass is 10.4. The average molecular weight is 216 g/mol. The molecule has 1 rings (SSSR count). The summed E-state index contributed by atoms with van der Waals surface area (Å²) < 4.78 is 4.93. The molecule has 0 spiro atoms. The van der Waals surface area contributed by atoms with Gasteiger partial charge in [-0.1, -0.05) is 11.3 Å². The quantitative estimate of drug-likeness (QED) is 0.776. The molecule has 1 aromatic heterocycles. The van der Waals surface area contributed by atoms with E-state index in [1.807, 2.05) is 6.92 Å². The van der Waals surface area contributed by atoms with Crippen LogP contribution in [0.5, 0.6) is 0 Å². The molecule has 0 radical (unpaired) electrons. The van der Waals surface area contributed by atoms with Gasteiger partial charge in [-0.15, -0.1) is 0 Å². The molecule has 0 aliphatic carbocycles.